The third-order valence-corrected chi connectivity index (χ3v) is 3.82. The van der Waals surface area contributed by atoms with Crippen molar-refractivity contribution in [1.82, 2.24) is 5.32 Å². The van der Waals surface area contributed by atoms with E-state index in [1.807, 2.05) is 0 Å². The van der Waals surface area contributed by atoms with E-state index in [4.69, 9.17) is 0 Å². The minimum Gasteiger partial charge on any atom is -0.314 e. The van der Waals surface area contributed by atoms with E-state index in [1.165, 1.54) is 64.3 Å². The fourth-order valence-electron chi connectivity index (χ4n) is 3.00. The largest absolute Gasteiger partial charge is 0.314 e. The van der Waals surface area contributed by atoms with Gasteiger partial charge in [-0.3, -0.25) is 0 Å². The van der Waals surface area contributed by atoms with Crippen molar-refractivity contribution in [2.75, 3.05) is 6.54 Å². The van der Waals surface area contributed by atoms with Gasteiger partial charge in [-0.1, -0.05) is 32.1 Å². The second kappa shape index (κ2) is 4.99. The molecule has 1 N–H and O–H groups in total. The van der Waals surface area contributed by atoms with Gasteiger partial charge in [0, 0.05) is 6.04 Å². The molecule has 1 aliphatic heterocycles. The van der Waals surface area contributed by atoms with Crippen LogP contribution in [0.2, 0.25) is 0 Å². The fraction of sp³-hybridized carbons (Fsp3) is 1.00. The van der Waals surface area contributed by atoms with Crippen LogP contribution < -0.4 is 5.32 Å². The van der Waals surface area contributed by atoms with Gasteiger partial charge in [0.15, 0.2) is 0 Å². The summed E-state index contributed by atoms with van der Waals surface area (Å²) in [6.45, 7) is 1.28. The average Bonchev–Trinajstić information content (AvgIpc) is 2.28. The number of nitrogens with one attached hydrogen (secondary N) is 1. The molecule has 0 aromatic rings. The van der Waals surface area contributed by atoms with Crippen molar-refractivity contribution in [3.63, 3.8) is 0 Å². The van der Waals surface area contributed by atoms with Crippen LogP contribution in [-0.4, -0.2) is 12.6 Å². The van der Waals surface area contributed by atoms with Gasteiger partial charge < -0.3 is 5.32 Å². The lowest BCUT2D eigenvalue weighted by Gasteiger charge is -2.32. The lowest BCUT2D eigenvalue weighted by atomic mass is 9.85. The lowest BCUT2D eigenvalue weighted by molar-refractivity contribution is 0.251. The topological polar surface area (TPSA) is 12.0 Å². The Morgan fingerprint density at radius 2 is 1.38 bits per heavy atom. The highest BCUT2D eigenvalue weighted by molar-refractivity contribution is 4.81. The smallest absolute Gasteiger partial charge is 0.00953 e. The molecule has 0 radical (unpaired) electrons. The van der Waals surface area contributed by atoms with Crippen molar-refractivity contribution < 1.29 is 0 Å². The molecular formula is C12H23N. The van der Waals surface area contributed by atoms with Gasteiger partial charge in [-0.15, -0.1) is 0 Å². The minimum absolute atomic E-state index is 0.881. The maximum absolute atomic E-state index is 3.72. The minimum atomic E-state index is 0.881. The zero-order chi connectivity index (χ0) is 8.93. The molecule has 2 atom stereocenters. The van der Waals surface area contributed by atoms with Gasteiger partial charge in [0.2, 0.25) is 0 Å². The first-order valence-electron chi connectivity index (χ1n) is 6.20. The zero-order valence-corrected chi connectivity index (χ0v) is 8.73. The highest BCUT2D eigenvalue weighted by atomic mass is 14.9. The van der Waals surface area contributed by atoms with E-state index in [2.05, 4.69) is 5.32 Å². The summed E-state index contributed by atoms with van der Waals surface area (Å²) >= 11 is 0. The van der Waals surface area contributed by atoms with Gasteiger partial charge in [-0.05, 0) is 38.1 Å². The Balaban J connectivity index is 1.88. The van der Waals surface area contributed by atoms with Gasteiger partial charge in [-0.25, -0.2) is 0 Å². The Hall–Kier alpha value is -0.0400. The normalized spacial score (nSPS) is 36.9. The predicted molar refractivity (Wildman–Crippen MR) is 56.8 cm³/mol. The molecule has 0 amide bonds. The zero-order valence-electron chi connectivity index (χ0n) is 8.73. The number of hydrogen-bond acceptors (Lipinski definition) is 1. The first-order valence-corrected chi connectivity index (χ1v) is 6.20. The van der Waals surface area contributed by atoms with Crippen LogP contribution in [0.15, 0.2) is 0 Å². The van der Waals surface area contributed by atoms with Crippen LogP contribution in [-0.2, 0) is 0 Å². The third kappa shape index (κ3) is 2.70. The molecule has 2 aliphatic rings. The van der Waals surface area contributed by atoms with Crippen molar-refractivity contribution in [3.8, 4) is 0 Å². The van der Waals surface area contributed by atoms with E-state index in [9.17, 15) is 0 Å². The van der Waals surface area contributed by atoms with Crippen molar-refractivity contribution in [3.05, 3.63) is 0 Å². The second-order valence-electron chi connectivity index (χ2n) is 4.81. The molecule has 0 aromatic heterocycles. The highest BCUT2D eigenvalue weighted by Crippen LogP contribution is 2.27. The molecule has 2 fully saturated rings. The van der Waals surface area contributed by atoms with E-state index in [1.54, 1.807) is 0 Å². The van der Waals surface area contributed by atoms with Gasteiger partial charge in [-0.2, -0.15) is 0 Å². The second-order valence-corrected chi connectivity index (χ2v) is 4.81. The summed E-state index contributed by atoms with van der Waals surface area (Å²) in [5.41, 5.74) is 0. The first kappa shape index (κ1) is 9.51. The Morgan fingerprint density at radius 1 is 0.692 bits per heavy atom. The van der Waals surface area contributed by atoms with E-state index in [0.717, 1.165) is 12.0 Å². The maximum atomic E-state index is 3.72. The molecule has 13 heavy (non-hydrogen) atoms. The number of piperidine rings is 1. The van der Waals surface area contributed by atoms with E-state index < -0.39 is 0 Å². The Labute approximate surface area is 82.3 Å². The summed E-state index contributed by atoms with van der Waals surface area (Å²) in [5, 5.41) is 3.72. The van der Waals surface area contributed by atoms with Gasteiger partial charge in [0.1, 0.15) is 0 Å². The summed E-state index contributed by atoms with van der Waals surface area (Å²) in [5.74, 6) is 1.02. The van der Waals surface area contributed by atoms with Crippen LogP contribution in [0, 0.1) is 5.92 Å². The number of hydrogen-bond donors (Lipinski definition) is 1. The van der Waals surface area contributed by atoms with Crippen LogP contribution >= 0.6 is 0 Å². The van der Waals surface area contributed by atoms with Gasteiger partial charge >= 0.3 is 0 Å². The van der Waals surface area contributed by atoms with Crippen molar-refractivity contribution in [1.29, 1.82) is 0 Å². The van der Waals surface area contributed by atoms with Gasteiger partial charge in [0.25, 0.3) is 0 Å². The van der Waals surface area contributed by atoms with Crippen LogP contribution in [0.1, 0.15) is 57.8 Å². The SMILES string of the molecule is C1CCCC2CCCNC2CCC1. The van der Waals surface area contributed by atoms with Crippen LogP contribution in [0.5, 0.6) is 0 Å². The standard InChI is InChI=1S/C12H23N/c1-2-4-7-11-8-6-10-13-12(11)9-5-3-1/h11-13H,1-10H2. The molecule has 1 heteroatoms. The Morgan fingerprint density at radius 3 is 2.31 bits per heavy atom. The first-order chi connectivity index (χ1) is 6.47. The highest BCUT2D eigenvalue weighted by Gasteiger charge is 2.24. The van der Waals surface area contributed by atoms with Crippen LogP contribution in [0.4, 0.5) is 0 Å². The summed E-state index contributed by atoms with van der Waals surface area (Å²) in [4.78, 5) is 0. The summed E-state index contributed by atoms with van der Waals surface area (Å²) in [6.07, 6.45) is 13.3. The molecule has 1 saturated carbocycles. The summed E-state index contributed by atoms with van der Waals surface area (Å²) < 4.78 is 0. The van der Waals surface area contributed by atoms with Crippen molar-refractivity contribution >= 4 is 0 Å². The molecule has 76 valence electrons. The molecule has 1 heterocycles. The van der Waals surface area contributed by atoms with Crippen LogP contribution in [0.25, 0.3) is 0 Å². The molecule has 1 nitrogen and oxygen atoms in total. The third-order valence-electron chi connectivity index (χ3n) is 3.82. The molecule has 0 bridgehead atoms. The molecule has 0 spiro atoms. The fourth-order valence-corrected chi connectivity index (χ4v) is 3.00. The molecule has 2 unspecified atom stereocenters. The molecule has 0 aromatic carbocycles. The van der Waals surface area contributed by atoms with Crippen LogP contribution in [0.3, 0.4) is 0 Å². The average molecular weight is 181 g/mol. The summed E-state index contributed by atoms with van der Waals surface area (Å²) in [6, 6.07) is 0.881. The number of fused-ring (bicyclic) bond motifs is 1. The lowest BCUT2D eigenvalue weighted by Crippen LogP contribution is -2.41. The summed E-state index contributed by atoms with van der Waals surface area (Å²) in [7, 11) is 0. The Kier molecular flexibility index (Phi) is 3.65. The quantitative estimate of drug-likeness (QED) is 0.605. The molecule has 2 rings (SSSR count). The number of rotatable bonds is 0. The van der Waals surface area contributed by atoms with Crippen molar-refractivity contribution in [2.45, 2.75) is 63.8 Å². The van der Waals surface area contributed by atoms with E-state index >= 15 is 0 Å². The monoisotopic (exact) mass is 181 g/mol. The Bertz CT molecular complexity index is 128. The molecule has 1 saturated heterocycles. The van der Waals surface area contributed by atoms with Crippen molar-refractivity contribution in [2.24, 2.45) is 5.92 Å². The predicted octanol–water partition coefficient (Wildman–Crippen LogP) is 3.10. The molecular weight excluding hydrogens is 158 g/mol. The maximum Gasteiger partial charge on any atom is 0.00953 e. The molecule has 1 aliphatic carbocycles. The van der Waals surface area contributed by atoms with Gasteiger partial charge in [0.05, 0.1) is 0 Å². The van der Waals surface area contributed by atoms with E-state index in [0.29, 0.717) is 0 Å². The van der Waals surface area contributed by atoms with E-state index in [-0.39, 0.29) is 0 Å².